The first-order valence-corrected chi connectivity index (χ1v) is 12.1. The number of methoxy groups -OCH3 is 1. The number of carbonyl (C=O) groups excluding carboxylic acids is 1. The molecule has 0 aliphatic heterocycles. The molecular weight excluding hydrogens is 497 g/mol. The summed E-state index contributed by atoms with van der Waals surface area (Å²) in [7, 11) is 3.56. The van der Waals surface area contributed by atoms with Crippen molar-refractivity contribution in [3.05, 3.63) is 71.8 Å². The van der Waals surface area contributed by atoms with Crippen molar-refractivity contribution >= 4 is 46.2 Å². The molecule has 9 nitrogen and oxygen atoms in total. The predicted octanol–water partition coefficient (Wildman–Crippen LogP) is 4.93. The molecule has 196 valence electrons. The summed E-state index contributed by atoms with van der Waals surface area (Å²) in [6.45, 7) is 2.28. The summed E-state index contributed by atoms with van der Waals surface area (Å²) in [4.78, 5) is 23.0. The van der Waals surface area contributed by atoms with E-state index >= 15 is 0 Å². The second-order valence-electron chi connectivity index (χ2n) is 8.23. The summed E-state index contributed by atoms with van der Waals surface area (Å²) in [5.41, 5.74) is 7.28. The number of unbranched alkanes of at least 4 members (excludes halogenated alkanes) is 1. The third-order valence-electron chi connectivity index (χ3n) is 5.27. The highest BCUT2D eigenvalue weighted by molar-refractivity contribution is 6.31. The molecule has 0 unspecified atom stereocenters. The molecule has 1 heterocycles. The van der Waals surface area contributed by atoms with Crippen molar-refractivity contribution in [1.82, 2.24) is 14.9 Å². The zero-order chi connectivity index (χ0) is 26.6. The smallest absolute Gasteiger partial charge is 0.248 e. The number of ether oxygens (including phenoxy) is 1. The van der Waals surface area contributed by atoms with Crippen LogP contribution in [0.15, 0.2) is 60.9 Å². The highest BCUT2D eigenvalue weighted by atomic mass is 35.5. The Labute approximate surface area is 220 Å². The van der Waals surface area contributed by atoms with Crippen LogP contribution in [0, 0.1) is 5.82 Å². The van der Waals surface area contributed by atoms with Crippen LogP contribution >= 0.6 is 11.6 Å². The number of nitrogens with one attached hydrogen (secondary N) is 3. The average molecular weight is 528 g/mol. The molecular formula is C26H31ClFN7O2. The SMILES string of the molecule is COc1ccc(NC(=O)/C=C/CN(C)CCCCN)cc1Nc1cc(Nc2ccc(F)c(Cl)c2)ncn1. The maximum absolute atomic E-state index is 13.4. The fraction of sp³-hybridized carbons (Fsp3) is 0.269. The van der Waals surface area contributed by atoms with Crippen LogP contribution in [-0.4, -0.2) is 54.6 Å². The first-order valence-electron chi connectivity index (χ1n) is 11.7. The number of halogens is 2. The quantitative estimate of drug-likeness (QED) is 0.182. The number of carbonyl (C=O) groups is 1. The number of rotatable bonds is 13. The largest absolute Gasteiger partial charge is 0.495 e. The lowest BCUT2D eigenvalue weighted by Crippen LogP contribution is -2.20. The van der Waals surface area contributed by atoms with E-state index < -0.39 is 5.82 Å². The second kappa shape index (κ2) is 14.1. The van der Waals surface area contributed by atoms with E-state index in [4.69, 9.17) is 22.1 Å². The van der Waals surface area contributed by atoms with E-state index in [0.29, 0.717) is 47.5 Å². The van der Waals surface area contributed by atoms with Gasteiger partial charge < -0.3 is 31.3 Å². The van der Waals surface area contributed by atoms with Crippen LogP contribution in [0.5, 0.6) is 5.75 Å². The highest BCUT2D eigenvalue weighted by Crippen LogP contribution is 2.31. The molecule has 0 radical (unpaired) electrons. The summed E-state index contributed by atoms with van der Waals surface area (Å²) < 4.78 is 18.9. The van der Waals surface area contributed by atoms with Gasteiger partial charge in [0.15, 0.2) is 0 Å². The maximum atomic E-state index is 13.4. The van der Waals surface area contributed by atoms with Crippen LogP contribution in [0.1, 0.15) is 12.8 Å². The molecule has 0 aliphatic rings. The van der Waals surface area contributed by atoms with Gasteiger partial charge in [-0.25, -0.2) is 14.4 Å². The number of anilines is 5. The van der Waals surface area contributed by atoms with E-state index in [1.54, 1.807) is 37.4 Å². The summed E-state index contributed by atoms with van der Waals surface area (Å²) in [5.74, 6) is 0.772. The Hall–Kier alpha value is -3.73. The lowest BCUT2D eigenvalue weighted by molar-refractivity contribution is -0.111. The molecule has 0 spiro atoms. The zero-order valence-corrected chi connectivity index (χ0v) is 21.6. The van der Waals surface area contributed by atoms with Crippen molar-refractivity contribution in [3.8, 4) is 5.75 Å². The fourth-order valence-corrected chi connectivity index (χ4v) is 3.56. The Bertz CT molecular complexity index is 1230. The standard InChI is InChI=1S/C26H31ClFN7O2/c1-35(12-4-3-11-29)13-5-6-26(36)33-19-8-10-23(37-2)22(15-19)34-25-16-24(30-17-31-25)32-18-7-9-21(28)20(27)14-18/h5-10,14-17H,3-4,11-13,29H2,1-2H3,(H,33,36)(H2,30,31,32,34)/b6-5+. The van der Waals surface area contributed by atoms with Crippen molar-refractivity contribution in [1.29, 1.82) is 0 Å². The van der Waals surface area contributed by atoms with Gasteiger partial charge in [0.25, 0.3) is 0 Å². The van der Waals surface area contributed by atoms with E-state index in [1.165, 1.54) is 24.5 Å². The molecule has 0 saturated carbocycles. The van der Waals surface area contributed by atoms with Crippen LogP contribution < -0.4 is 26.4 Å². The van der Waals surface area contributed by atoms with Crippen LogP contribution in [0.3, 0.4) is 0 Å². The Morgan fingerprint density at radius 2 is 1.86 bits per heavy atom. The minimum absolute atomic E-state index is 0.00498. The summed E-state index contributed by atoms with van der Waals surface area (Å²) in [6.07, 6.45) is 6.73. The highest BCUT2D eigenvalue weighted by Gasteiger charge is 2.09. The third-order valence-corrected chi connectivity index (χ3v) is 5.56. The summed E-state index contributed by atoms with van der Waals surface area (Å²) >= 11 is 5.85. The first-order chi connectivity index (χ1) is 17.9. The Balaban J connectivity index is 1.64. The summed E-state index contributed by atoms with van der Waals surface area (Å²) in [5, 5.41) is 9.10. The second-order valence-corrected chi connectivity index (χ2v) is 8.64. The van der Waals surface area contributed by atoms with Crippen molar-refractivity contribution < 1.29 is 13.9 Å². The number of likely N-dealkylation sites (N-methyl/N-ethyl adjacent to an activating group) is 1. The number of aromatic nitrogens is 2. The van der Waals surface area contributed by atoms with E-state index in [2.05, 4.69) is 30.8 Å². The molecule has 1 amide bonds. The Kier molecular flexibility index (Phi) is 10.6. The first kappa shape index (κ1) is 27.9. The van der Waals surface area contributed by atoms with Gasteiger partial charge in [-0.05, 0) is 69.4 Å². The third kappa shape index (κ3) is 9.02. The lowest BCUT2D eigenvalue weighted by atomic mass is 10.2. The number of hydrogen-bond acceptors (Lipinski definition) is 8. The van der Waals surface area contributed by atoms with Gasteiger partial charge in [0, 0.05) is 30.1 Å². The topological polar surface area (TPSA) is 117 Å². The van der Waals surface area contributed by atoms with E-state index in [9.17, 15) is 9.18 Å². The van der Waals surface area contributed by atoms with Crippen molar-refractivity contribution in [3.63, 3.8) is 0 Å². The van der Waals surface area contributed by atoms with Crippen LogP contribution in [0.25, 0.3) is 0 Å². The Morgan fingerprint density at radius 3 is 2.59 bits per heavy atom. The van der Waals surface area contributed by atoms with E-state index in [0.717, 1.165) is 19.4 Å². The van der Waals surface area contributed by atoms with E-state index in [-0.39, 0.29) is 10.9 Å². The van der Waals surface area contributed by atoms with Crippen molar-refractivity contribution in [2.24, 2.45) is 5.73 Å². The molecule has 11 heteroatoms. The van der Waals surface area contributed by atoms with E-state index in [1.807, 2.05) is 13.1 Å². The maximum Gasteiger partial charge on any atom is 0.248 e. The molecule has 3 aromatic rings. The lowest BCUT2D eigenvalue weighted by Gasteiger charge is -2.14. The predicted molar refractivity (Wildman–Crippen MR) is 147 cm³/mol. The molecule has 0 saturated heterocycles. The van der Waals surface area contributed by atoms with Gasteiger partial charge >= 0.3 is 0 Å². The molecule has 0 atom stereocenters. The fourth-order valence-electron chi connectivity index (χ4n) is 3.38. The van der Waals surface area contributed by atoms with Crippen molar-refractivity contribution in [2.45, 2.75) is 12.8 Å². The van der Waals surface area contributed by atoms with Gasteiger partial charge in [-0.3, -0.25) is 4.79 Å². The van der Waals surface area contributed by atoms with Gasteiger partial charge in [0.1, 0.15) is 29.5 Å². The minimum Gasteiger partial charge on any atom is -0.495 e. The number of benzene rings is 2. The van der Waals surface area contributed by atoms with Crippen LogP contribution in [0.4, 0.5) is 33.1 Å². The number of nitrogens with two attached hydrogens (primary N) is 1. The molecule has 0 fully saturated rings. The number of amides is 1. The normalized spacial score (nSPS) is 11.1. The molecule has 37 heavy (non-hydrogen) atoms. The van der Waals surface area contributed by atoms with Gasteiger partial charge in [-0.1, -0.05) is 17.7 Å². The molecule has 0 aliphatic carbocycles. The summed E-state index contributed by atoms with van der Waals surface area (Å²) in [6, 6.07) is 11.2. The van der Waals surface area contributed by atoms with Crippen LogP contribution in [0.2, 0.25) is 5.02 Å². The molecule has 1 aromatic heterocycles. The Morgan fingerprint density at radius 1 is 1.11 bits per heavy atom. The van der Waals surface area contributed by atoms with Crippen LogP contribution in [-0.2, 0) is 4.79 Å². The molecule has 2 aromatic carbocycles. The monoisotopic (exact) mass is 527 g/mol. The van der Waals surface area contributed by atoms with Gasteiger partial charge in [-0.15, -0.1) is 0 Å². The van der Waals surface area contributed by atoms with Gasteiger partial charge in [0.2, 0.25) is 5.91 Å². The molecule has 5 N–H and O–H groups in total. The van der Waals surface area contributed by atoms with Gasteiger partial charge in [0.05, 0.1) is 17.8 Å². The van der Waals surface area contributed by atoms with Gasteiger partial charge in [-0.2, -0.15) is 0 Å². The minimum atomic E-state index is -0.502. The average Bonchev–Trinajstić information content (AvgIpc) is 2.87. The molecule has 3 rings (SSSR count). The number of hydrogen-bond donors (Lipinski definition) is 4. The zero-order valence-electron chi connectivity index (χ0n) is 20.8. The molecule has 0 bridgehead atoms. The van der Waals surface area contributed by atoms with Crippen molar-refractivity contribution in [2.75, 3.05) is 49.7 Å². The number of nitrogens with zero attached hydrogens (tertiary/aromatic N) is 3.